The molecule has 0 bridgehead atoms. The maximum absolute atomic E-state index is 14.1. The highest BCUT2D eigenvalue weighted by molar-refractivity contribution is 5.76. The quantitative estimate of drug-likeness (QED) is 0.566. The highest BCUT2D eigenvalue weighted by atomic mass is 19.3. The SMILES string of the molecule is CCCC1CC=C(c2ccc(OC(=O)C(F)F)cc2F)CC1. The molecule has 2 nitrogen and oxygen atoms in total. The van der Waals surface area contributed by atoms with Gasteiger partial charge in [-0.05, 0) is 42.9 Å². The van der Waals surface area contributed by atoms with E-state index in [2.05, 4.69) is 11.7 Å². The molecule has 0 N–H and O–H groups in total. The van der Waals surface area contributed by atoms with Gasteiger partial charge in [0.15, 0.2) is 0 Å². The van der Waals surface area contributed by atoms with E-state index < -0.39 is 18.2 Å². The van der Waals surface area contributed by atoms with Crippen LogP contribution in [0.25, 0.3) is 5.57 Å². The molecule has 1 aromatic rings. The molecule has 0 saturated heterocycles. The van der Waals surface area contributed by atoms with E-state index in [9.17, 15) is 18.0 Å². The molecule has 0 aromatic heterocycles. The molecule has 0 spiro atoms. The number of esters is 1. The van der Waals surface area contributed by atoms with Gasteiger partial charge < -0.3 is 4.74 Å². The van der Waals surface area contributed by atoms with E-state index in [1.807, 2.05) is 6.08 Å². The van der Waals surface area contributed by atoms with E-state index in [0.29, 0.717) is 11.5 Å². The van der Waals surface area contributed by atoms with E-state index in [-0.39, 0.29) is 5.75 Å². The standard InChI is InChI=1S/C17H19F3O2/c1-2-3-11-4-6-12(7-5-11)14-9-8-13(10-15(14)18)22-17(21)16(19)20/h6,8-11,16H,2-5,7H2,1H3. The van der Waals surface area contributed by atoms with E-state index in [1.54, 1.807) is 0 Å². The largest absolute Gasteiger partial charge is 0.422 e. The molecule has 0 saturated carbocycles. The number of hydrogen-bond acceptors (Lipinski definition) is 2. The average Bonchev–Trinajstić information content (AvgIpc) is 2.49. The number of allylic oxidation sites excluding steroid dienone is 2. The molecule has 1 atom stereocenters. The van der Waals surface area contributed by atoms with Crippen LogP contribution in [-0.2, 0) is 4.79 Å². The summed E-state index contributed by atoms with van der Waals surface area (Å²) < 4.78 is 42.7. The van der Waals surface area contributed by atoms with Crippen molar-refractivity contribution in [3.63, 3.8) is 0 Å². The molecule has 22 heavy (non-hydrogen) atoms. The van der Waals surface area contributed by atoms with Crippen molar-refractivity contribution < 1.29 is 22.7 Å². The molecule has 0 heterocycles. The van der Waals surface area contributed by atoms with Gasteiger partial charge in [-0.1, -0.05) is 25.8 Å². The van der Waals surface area contributed by atoms with Crippen LogP contribution in [0.15, 0.2) is 24.3 Å². The molecule has 0 fully saturated rings. The van der Waals surface area contributed by atoms with Crippen LogP contribution in [0.1, 0.15) is 44.6 Å². The lowest BCUT2D eigenvalue weighted by Gasteiger charge is -2.22. The van der Waals surface area contributed by atoms with Gasteiger partial charge in [-0.2, -0.15) is 8.78 Å². The lowest BCUT2D eigenvalue weighted by Crippen LogP contribution is -2.17. The summed E-state index contributed by atoms with van der Waals surface area (Å²) in [6, 6.07) is 3.81. The second-order valence-electron chi connectivity index (χ2n) is 5.52. The monoisotopic (exact) mass is 312 g/mol. The third-order valence-electron chi connectivity index (χ3n) is 3.90. The molecule has 1 aromatic carbocycles. The van der Waals surface area contributed by atoms with Crippen molar-refractivity contribution in [2.75, 3.05) is 0 Å². The van der Waals surface area contributed by atoms with Crippen LogP contribution >= 0.6 is 0 Å². The van der Waals surface area contributed by atoms with Crippen LogP contribution in [0.5, 0.6) is 5.75 Å². The average molecular weight is 312 g/mol. The number of rotatable bonds is 5. The van der Waals surface area contributed by atoms with Gasteiger partial charge in [0.25, 0.3) is 0 Å². The Morgan fingerprint density at radius 3 is 2.73 bits per heavy atom. The number of alkyl halides is 2. The van der Waals surface area contributed by atoms with Gasteiger partial charge in [0.05, 0.1) is 0 Å². The Bertz CT molecular complexity index is 567. The molecule has 0 radical (unpaired) electrons. The van der Waals surface area contributed by atoms with Gasteiger partial charge in [-0.15, -0.1) is 0 Å². The summed E-state index contributed by atoms with van der Waals surface area (Å²) in [7, 11) is 0. The van der Waals surface area contributed by atoms with Crippen molar-refractivity contribution in [1.29, 1.82) is 0 Å². The normalized spacial score (nSPS) is 18.2. The van der Waals surface area contributed by atoms with Gasteiger partial charge >= 0.3 is 12.4 Å². The number of ether oxygens (including phenoxy) is 1. The van der Waals surface area contributed by atoms with Gasteiger partial charge in [0, 0.05) is 11.6 Å². The zero-order chi connectivity index (χ0) is 16.1. The first-order valence-electron chi connectivity index (χ1n) is 7.50. The smallest absolute Gasteiger partial charge is 0.379 e. The van der Waals surface area contributed by atoms with Crippen LogP contribution in [0, 0.1) is 11.7 Å². The number of carbonyl (C=O) groups excluding carboxylic acids is 1. The van der Waals surface area contributed by atoms with Crippen molar-refractivity contribution in [2.24, 2.45) is 5.92 Å². The Morgan fingerprint density at radius 1 is 1.41 bits per heavy atom. The Morgan fingerprint density at radius 2 is 2.18 bits per heavy atom. The maximum atomic E-state index is 14.1. The molecule has 5 heteroatoms. The van der Waals surface area contributed by atoms with Crippen LogP contribution in [0.3, 0.4) is 0 Å². The first kappa shape index (κ1) is 16.6. The molecule has 120 valence electrons. The Balaban J connectivity index is 2.09. The molecule has 1 aliphatic rings. The van der Waals surface area contributed by atoms with Gasteiger partial charge in [0.2, 0.25) is 0 Å². The molecular formula is C17H19F3O2. The summed E-state index contributed by atoms with van der Waals surface area (Å²) in [5.74, 6) is -1.78. The van der Waals surface area contributed by atoms with Crippen LogP contribution < -0.4 is 4.74 Å². The van der Waals surface area contributed by atoms with E-state index in [1.165, 1.54) is 18.6 Å². The highest BCUT2D eigenvalue weighted by Gasteiger charge is 2.20. The van der Waals surface area contributed by atoms with Gasteiger partial charge in [-0.25, -0.2) is 9.18 Å². The highest BCUT2D eigenvalue weighted by Crippen LogP contribution is 2.34. The Kier molecular flexibility index (Phi) is 5.63. The summed E-state index contributed by atoms with van der Waals surface area (Å²) in [6.07, 6.45) is 3.91. The molecule has 1 unspecified atom stereocenters. The number of carbonyl (C=O) groups is 1. The minimum atomic E-state index is -3.22. The first-order valence-corrected chi connectivity index (χ1v) is 7.50. The fourth-order valence-corrected chi connectivity index (χ4v) is 2.78. The molecule has 1 aliphatic carbocycles. The minimum absolute atomic E-state index is 0.202. The minimum Gasteiger partial charge on any atom is -0.422 e. The van der Waals surface area contributed by atoms with E-state index in [0.717, 1.165) is 37.3 Å². The number of halogens is 3. The molecule has 2 rings (SSSR count). The second-order valence-corrected chi connectivity index (χ2v) is 5.52. The lowest BCUT2D eigenvalue weighted by atomic mass is 9.84. The lowest BCUT2D eigenvalue weighted by molar-refractivity contribution is -0.146. The summed E-state index contributed by atoms with van der Waals surface area (Å²) >= 11 is 0. The summed E-state index contributed by atoms with van der Waals surface area (Å²) in [5.41, 5.74) is 1.38. The summed E-state index contributed by atoms with van der Waals surface area (Å²) in [6.45, 7) is 2.15. The fraction of sp³-hybridized carbons (Fsp3) is 0.471. The van der Waals surface area contributed by atoms with Gasteiger partial charge in [-0.3, -0.25) is 0 Å². The van der Waals surface area contributed by atoms with Crippen molar-refractivity contribution in [3.05, 3.63) is 35.7 Å². The predicted molar refractivity (Wildman–Crippen MR) is 78.3 cm³/mol. The van der Waals surface area contributed by atoms with E-state index in [4.69, 9.17) is 0 Å². The third-order valence-corrected chi connectivity index (χ3v) is 3.90. The summed E-state index contributed by atoms with van der Waals surface area (Å²) in [5, 5.41) is 0. The molecular weight excluding hydrogens is 293 g/mol. The predicted octanol–water partition coefficient (Wildman–Crippen LogP) is 4.98. The number of benzene rings is 1. The maximum Gasteiger partial charge on any atom is 0.379 e. The van der Waals surface area contributed by atoms with Crippen molar-refractivity contribution in [3.8, 4) is 5.75 Å². The number of hydrogen-bond donors (Lipinski definition) is 0. The molecule has 0 aliphatic heterocycles. The van der Waals surface area contributed by atoms with Crippen molar-refractivity contribution in [1.82, 2.24) is 0 Å². The Labute approximate surface area is 128 Å². The van der Waals surface area contributed by atoms with Crippen LogP contribution in [0.4, 0.5) is 13.2 Å². The van der Waals surface area contributed by atoms with E-state index >= 15 is 0 Å². The second kappa shape index (κ2) is 7.47. The zero-order valence-electron chi connectivity index (χ0n) is 12.5. The van der Waals surface area contributed by atoms with Gasteiger partial charge in [0.1, 0.15) is 11.6 Å². The van der Waals surface area contributed by atoms with Crippen molar-refractivity contribution in [2.45, 2.75) is 45.5 Å². The zero-order valence-corrected chi connectivity index (χ0v) is 12.5. The topological polar surface area (TPSA) is 26.3 Å². The van der Waals surface area contributed by atoms with Crippen molar-refractivity contribution >= 4 is 11.5 Å². The molecule has 0 amide bonds. The third kappa shape index (κ3) is 4.12. The van der Waals surface area contributed by atoms with Crippen LogP contribution in [-0.4, -0.2) is 12.4 Å². The fourth-order valence-electron chi connectivity index (χ4n) is 2.78. The summed E-state index contributed by atoms with van der Waals surface area (Å²) in [4.78, 5) is 10.8. The Hall–Kier alpha value is -1.78. The van der Waals surface area contributed by atoms with Crippen LogP contribution in [0.2, 0.25) is 0 Å². The first-order chi connectivity index (χ1) is 10.5.